The Balaban J connectivity index is 1.44. The minimum Gasteiger partial charge on any atom is -0.334 e. The van der Waals surface area contributed by atoms with Gasteiger partial charge in [0.2, 0.25) is 0 Å². The number of hydrogen-bond acceptors (Lipinski definition) is 4. The van der Waals surface area contributed by atoms with Crippen molar-refractivity contribution in [3.05, 3.63) is 35.4 Å². The zero-order valence-electron chi connectivity index (χ0n) is 15.6. The molecule has 2 aliphatic heterocycles. The largest absolute Gasteiger partial charge is 0.334 e. The van der Waals surface area contributed by atoms with Crippen LogP contribution in [0.1, 0.15) is 37.3 Å². The molecule has 0 saturated carbocycles. The van der Waals surface area contributed by atoms with Gasteiger partial charge in [-0.25, -0.2) is 13.2 Å². The van der Waals surface area contributed by atoms with Crippen molar-refractivity contribution in [3.8, 4) is 0 Å². The highest BCUT2D eigenvalue weighted by atomic mass is 32.2. The van der Waals surface area contributed by atoms with E-state index in [1.165, 1.54) is 11.1 Å². The van der Waals surface area contributed by atoms with Gasteiger partial charge in [0.1, 0.15) is 0 Å². The quantitative estimate of drug-likeness (QED) is 0.866. The lowest BCUT2D eigenvalue weighted by molar-refractivity contribution is 0.134. The highest BCUT2D eigenvalue weighted by Gasteiger charge is 2.30. The topological polar surface area (TPSA) is 69.7 Å². The molecule has 1 aromatic rings. The van der Waals surface area contributed by atoms with Crippen LogP contribution >= 0.6 is 0 Å². The molecule has 3 rings (SSSR count). The van der Waals surface area contributed by atoms with E-state index in [1.54, 1.807) is 4.90 Å². The molecule has 26 heavy (non-hydrogen) atoms. The Morgan fingerprint density at radius 2 is 1.81 bits per heavy atom. The Hall–Kier alpha value is -1.60. The predicted molar refractivity (Wildman–Crippen MR) is 103 cm³/mol. The molecule has 1 N–H and O–H groups in total. The first kappa shape index (κ1) is 19.2. The molecule has 0 aliphatic carbocycles. The molecule has 0 bridgehead atoms. The van der Waals surface area contributed by atoms with Crippen LogP contribution in [0.15, 0.2) is 24.3 Å². The second kappa shape index (κ2) is 7.96. The van der Waals surface area contributed by atoms with E-state index < -0.39 is 9.84 Å². The highest BCUT2D eigenvalue weighted by Crippen LogP contribution is 2.16. The third-order valence-corrected chi connectivity index (χ3v) is 7.04. The molecule has 0 spiro atoms. The molecule has 1 unspecified atom stereocenters. The molecule has 1 aromatic carbocycles. The van der Waals surface area contributed by atoms with Gasteiger partial charge in [0, 0.05) is 38.8 Å². The summed E-state index contributed by atoms with van der Waals surface area (Å²) in [5.74, 6) is 0.799. The fourth-order valence-corrected chi connectivity index (χ4v) is 5.22. The molecule has 6 nitrogen and oxygen atoms in total. The summed E-state index contributed by atoms with van der Waals surface area (Å²) in [6.07, 6.45) is 0.528. The predicted octanol–water partition coefficient (Wildman–Crippen LogP) is 1.82. The van der Waals surface area contributed by atoms with E-state index in [1.807, 2.05) is 0 Å². The number of hydrogen-bond donors (Lipinski definition) is 1. The number of piperazine rings is 1. The van der Waals surface area contributed by atoms with Crippen LogP contribution in [0.25, 0.3) is 0 Å². The Morgan fingerprint density at radius 1 is 1.15 bits per heavy atom. The number of urea groups is 1. The van der Waals surface area contributed by atoms with E-state index >= 15 is 0 Å². The van der Waals surface area contributed by atoms with E-state index in [2.05, 4.69) is 48.3 Å². The number of nitrogens with zero attached hydrogens (tertiary/aromatic N) is 2. The molecule has 2 fully saturated rings. The van der Waals surface area contributed by atoms with E-state index in [-0.39, 0.29) is 23.6 Å². The summed E-state index contributed by atoms with van der Waals surface area (Å²) in [5.41, 5.74) is 2.65. The van der Waals surface area contributed by atoms with Gasteiger partial charge in [0.05, 0.1) is 11.5 Å². The Labute approximate surface area is 156 Å². The summed E-state index contributed by atoms with van der Waals surface area (Å²) in [7, 11) is -2.97. The second-order valence-electron chi connectivity index (χ2n) is 7.71. The second-order valence-corrected chi connectivity index (χ2v) is 9.94. The van der Waals surface area contributed by atoms with Crippen LogP contribution < -0.4 is 5.32 Å². The van der Waals surface area contributed by atoms with Crippen molar-refractivity contribution in [2.75, 3.05) is 37.7 Å². The molecule has 2 amide bonds. The van der Waals surface area contributed by atoms with Crippen molar-refractivity contribution < 1.29 is 13.2 Å². The maximum Gasteiger partial charge on any atom is 0.317 e. The van der Waals surface area contributed by atoms with Crippen molar-refractivity contribution >= 4 is 15.9 Å². The third-order valence-electron chi connectivity index (χ3n) is 5.27. The average Bonchev–Trinajstić information content (AvgIpc) is 2.94. The third kappa shape index (κ3) is 4.98. The van der Waals surface area contributed by atoms with Gasteiger partial charge in [0.15, 0.2) is 9.84 Å². The van der Waals surface area contributed by atoms with Crippen LogP contribution in [0, 0.1) is 0 Å². The van der Waals surface area contributed by atoms with Crippen molar-refractivity contribution in [1.82, 2.24) is 15.1 Å². The summed E-state index contributed by atoms with van der Waals surface area (Å²) in [5, 5.41) is 2.87. The highest BCUT2D eigenvalue weighted by molar-refractivity contribution is 7.91. The summed E-state index contributed by atoms with van der Waals surface area (Å²) >= 11 is 0. The lowest BCUT2D eigenvalue weighted by Gasteiger charge is -2.35. The maximum atomic E-state index is 12.3. The molecule has 0 radical (unpaired) electrons. The van der Waals surface area contributed by atoms with Gasteiger partial charge >= 0.3 is 6.03 Å². The van der Waals surface area contributed by atoms with Crippen LogP contribution in [-0.2, 0) is 16.4 Å². The zero-order valence-corrected chi connectivity index (χ0v) is 16.5. The van der Waals surface area contributed by atoms with Gasteiger partial charge in [-0.15, -0.1) is 0 Å². The molecule has 7 heteroatoms. The first-order chi connectivity index (χ1) is 12.3. The SMILES string of the molecule is CC(C)c1ccc(CN2CCN(C(=O)NC3CCS(=O)(=O)C3)CC2)cc1. The molecular formula is C19H29N3O3S. The maximum absolute atomic E-state index is 12.3. The Morgan fingerprint density at radius 3 is 2.35 bits per heavy atom. The van der Waals surface area contributed by atoms with Crippen LogP contribution in [0.2, 0.25) is 0 Å². The monoisotopic (exact) mass is 379 g/mol. The fourth-order valence-electron chi connectivity index (χ4n) is 3.55. The number of rotatable bonds is 4. The number of nitrogens with one attached hydrogen (secondary N) is 1. The van der Waals surface area contributed by atoms with E-state index in [4.69, 9.17) is 0 Å². The Kier molecular flexibility index (Phi) is 5.87. The lowest BCUT2D eigenvalue weighted by Crippen LogP contribution is -2.53. The molecule has 144 valence electrons. The van der Waals surface area contributed by atoms with E-state index in [0.717, 1.165) is 19.6 Å². The molecule has 0 aromatic heterocycles. The summed E-state index contributed by atoms with van der Waals surface area (Å²) in [6, 6.07) is 8.40. The van der Waals surface area contributed by atoms with Gasteiger partial charge in [0.25, 0.3) is 0 Å². The number of carbonyl (C=O) groups is 1. The van der Waals surface area contributed by atoms with Crippen molar-refractivity contribution in [1.29, 1.82) is 0 Å². The van der Waals surface area contributed by atoms with Crippen LogP contribution in [0.5, 0.6) is 0 Å². The standard InChI is InChI=1S/C19H29N3O3S/c1-15(2)17-5-3-16(4-6-17)13-21-8-10-22(11-9-21)19(23)20-18-7-12-26(24,25)14-18/h3-6,15,18H,7-14H2,1-2H3,(H,20,23). The zero-order chi connectivity index (χ0) is 18.7. The number of carbonyl (C=O) groups excluding carboxylic acids is 1. The summed E-state index contributed by atoms with van der Waals surface area (Å²) in [6.45, 7) is 8.31. The normalized spacial score (nSPS) is 23.3. The van der Waals surface area contributed by atoms with Crippen LogP contribution in [0.4, 0.5) is 4.79 Å². The molecule has 2 aliphatic rings. The van der Waals surface area contributed by atoms with Gasteiger partial charge in [-0.1, -0.05) is 38.1 Å². The molecular weight excluding hydrogens is 350 g/mol. The summed E-state index contributed by atoms with van der Waals surface area (Å²) in [4.78, 5) is 16.5. The Bertz CT molecular complexity index is 723. The molecule has 1 atom stereocenters. The summed E-state index contributed by atoms with van der Waals surface area (Å²) < 4.78 is 23.0. The molecule has 2 saturated heterocycles. The molecule has 2 heterocycles. The smallest absolute Gasteiger partial charge is 0.317 e. The number of sulfone groups is 1. The van der Waals surface area contributed by atoms with Crippen molar-refractivity contribution in [2.24, 2.45) is 0 Å². The first-order valence-corrected chi connectivity index (χ1v) is 11.2. The van der Waals surface area contributed by atoms with E-state index in [0.29, 0.717) is 25.4 Å². The van der Waals surface area contributed by atoms with Gasteiger partial charge in [-0.2, -0.15) is 0 Å². The van der Waals surface area contributed by atoms with Gasteiger partial charge in [-0.05, 0) is 23.5 Å². The minimum atomic E-state index is -2.97. The lowest BCUT2D eigenvalue weighted by atomic mass is 10.0. The fraction of sp³-hybridized carbons (Fsp3) is 0.632. The average molecular weight is 380 g/mol. The number of amides is 2. The van der Waals surface area contributed by atoms with Gasteiger partial charge in [-0.3, -0.25) is 4.90 Å². The van der Waals surface area contributed by atoms with Gasteiger partial charge < -0.3 is 10.2 Å². The first-order valence-electron chi connectivity index (χ1n) is 9.39. The number of benzene rings is 1. The minimum absolute atomic E-state index is 0.0745. The van der Waals surface area contributed by atoms with Crippen LogP contribution in [0.3, 0.4) is 0 Å². The van der Waals surface area contributed by atoms with Crippen LogP contribution in [-0.4, -0.2) is 68.0 Å². The van der Waals surface area contributed by atoms with Crippen molar-refractivity contribution in [3.63, 3.8) is 0 Å². The van der Waals surface area contributed by atoms with E-state index in [9.17, 15) is 13.2 Å². The van der Waals surface area contributed by atoms with Crippen molar-refractivity contribution in [2.45, 2.75) is 38.8 Å².